The molecule has 0 aliphatic carbocycles. The molecule has 1 heterocycles. The molecule has 1 aromatic carbocycles. The van der Waals surface area contributed by atoms with Crippen molar-refractivity contribution in [2.45, 2.75) is 18.4 Å². The van der Waals surface area contributed by atoms with E-state index in [0.717, 1.165) is 24.5 Å². The topological polar surface area (TPSA) is 81.1 Å². The highest BCUT2D eigenvalue weighted by Crippen LogP contribution is 2.20. The molecule has 0 aliphatic heterocycles. The van der Waals surface area contributed by atoms with Crippen LogP contribution in [0.5, 0.6) is 0 Å². The first-order valence-electron chi connectivity index (χ1n) is 6.14. The molecule has 2 aromatic rings. The number of amides is 1. The van der Waals surface area contributed by atoms with E-state index in [2.05, 4.69) is 10.4 Å². The van der Waals surface area contributed by atoms with Gasteiger partial charge in [0, 0.05) is 19.0 Å². The standard InChI is InChI=1S/C13H14FN3O3S/c1-3-17-8-9(7-15-17)13(18)16-12-6-10(21(2,19)20)4-5-11(12)14/h4-8H,3H2,1-2H3,(H,16,18). The van der Waals surface area contributed by atoms with Gasteiger partial charge in [0.2, 0.25) is 0 Å². The normalized spacial score (nSPS) is 11.4. The monoisotopic (exact) mass is 311 g/mol. The second-order valence-electron chi connectivity index (χ2n) is 4.45. The molecule has 21 heavy (non-hydrogen) atoms. The fourth-order valence-corrected chi connectivity index (χ4v) is 2.33. The van der Waals surface area contributed by atoms with E-state index < -0.39 is 21.6 Å². The molecule has 1 N–H and O–H groups in total. The van der Waals surface area contributed by atoms with Crippen molar-refractivity contribution in [1.29, 1.82) is 0 Å². The van der Waals surface area contributed by atoms with E-state index in [1.165, 1.54) is 12.4 Å². The van der Waals surface area contributed by atoms with E-state index >= 15 is 0 Å². The maximum atomic E-state index is 13.7. The van der Waals surface area contributed by atoms with Crippen LogP contribution in [0.15, 0.2) is 35.5 Å². The zero-order valence-corrected chi connectivity index (χ0v) is 12.3. The van der Waals surface area contributed by atoms with E-state index in [-0.39, 0.29) is 16.1 Å². The number of carbonyl (C=O) groups is 1. The van der Waals surface area contributed by atoms with Crippen molar-refractivity contribution in [3.63, 3.8) is 0 Å². The molecule has 6 nitrogen and oxygen atoms in total. The highest BCUT2D eigenvalue weighted by atomic mass is 32.2. The number of carbonyl (C=O) groups excluding carboxylic acids is 1. The Bertz CT molecular complexity index is 784. The van der Waals surface area contributed by atoms with Gasteiger partial charge >= 0.3 is 0 Å². The van der Waals surface area contributed by atoms with E-state index in [1.807, 2.05) is 6.92 Å². The van der Waals surface area contributed by atoms with Crippen molar-refractivity contribution in [2.75, 3.05) is 11.6 Å². The van der Waals surface area contributed by atoms with Gasteiger partial charge in [0.1, 0.15) is 5.82 Å². The number of hydrogen-bond acceptors (Lipinski definition) is 4. The number of anilines is 1. The van der Waals surface area contributed by atoms with E-state index in [1.54, 1.807) is 4.68 Å². The Labute approximate surface area is 121 Å². The Balaban J connectivity index is 2.28. The lowest BCUT2D eigenvalue weighted by Gasteiger charge is -2.07. The summed E-state index contributed by atoms with van der Waals surface area (Å²) in [7, 11) is -3.48. The van der Waals surface area contributed by atoms with Gasteiger partial charge in [-0.3, -0.25) is 9.48 Å². The molecule has 112 valence electrons. The molecule has 0 saturated carbocycles. The quantitative estimate of drug-likeness (QED) is 0.871. The van der Waals surface area contributed by atoms with Crippen LogP contribution in [0.1, 0.15) is 17.3 Å². The third-order valence-electron chi connectivity index (χ3n) is 2.83. The van der Waals surface area contributed by atoms with Crippen LogP contribution in [0, 0.1) is 5.82 Å². The van der Waals surface area contributed by atoms with Crippen LogP contribution in [0.2, 0.25) is 0 Å². The summed E-state index contributed by atoms with van der Waals surface area (Å²) in [5.41, 5.74) is 0.0770. The van der Waals surface area contributed by atoms with Gasteiger partial charge in [-0.1, -0.05) is 0 Å². The third kappa shape index (κ3) is 3.46. The van der Waals surface area contributed by atoms with Crippen LogP contribution < -0.4 is 5.32 Å². The predicted octanol–water partition coefficient (Wildman–Crippen LogP) is 1.70. The molecule has 2 rings (SSSR count). The number of nitrogens with zero attached hydrogens (tertiary/aromatic N) is 2. The molecule has 0 saturated heterocycles. The summed E-state index contributed by atoms with van der Waals surface area (Å²) in [6, 6.07) is 3.24. The number of sulfone groups is 1. The van der Waals surface area contributed by atoms with Gasteiger partial charge in [0.25, 0.3) is 5.91 Å². The van der Waals surface area contributed by atoms with Crippen molar-refractivity contribution in [3.05, 3.63) is 42.0 Å². The number of benzene rings is 1. The number of halogens is 1. The molecule has 0 bridgehead atoms. The number of nitrogens with one attached hydrogen (secondary N) is 1. The summed E-state index contributed by atoms with van der Waals surface area (Å²) >= 11 is 0. The van der Waals surface area contributed by atoms with Crippen molar-refractivity contribution in [2.24, 2.45) is 0 Å². The zero-order valence-electron chi connectivity index (χ0n) is 11.5. The number of aryl methyl sites for hydroxylation is 1. The van der Waals surface area contributed by atoms with Crippen LogP contribution in [-0.2, 0) is 16.4 Å². The molecule has 8 heteroatoms. The summed E-state index contributed by atoms with van der Waals surface area (Å²) in [5, 5.41) is 6.29. The summed E-state index contributed by atoms with van der Waals surface area (Å²) < 4.78 is 38.1. The molecular weight excluding hydrogens is 297 g/mol. The van der Waals surface area contributed by atoms with Gasteiger partial charge in [-0.25, -0.2) is 12.8 Å². The minimum atomic E-state index is -3.48. The molecular formula is C13H14FN3O3S. The second kappa shape index (κ2) is 5.65. The molecule has 0 radical (unpaired) electrons. The van der Waals surface area contributed by atoms with Crippen LogP contribution in [-0.4, -0.2) is 30.4 Å². The van der Waals surface area contributed by atoms with E-state index in [0.29, 0.717) is 6.54 Å². The summed E-state index contributed by atoms with van der Waals surface area (Å²) in [4.78, 5) is 11.9. The molecule has 0 spiro atoms. The highest BCUT2D eigenvalue weighted by molar-refractivity contribution is 7.90. The minimum Gasteiger partial charge on any atom is -0.319 e. The largest absolute Gasteiger partial charge is 0.319 e. The van der Waals surface area contributed by atoms with E-state index in [4.69, 9.17) is 0 Å². The van der Waals surface area contributed by atoms with Gasteiger partial charge < -0.3 is 5.32 Å². The maximum absolute atomic E-state index is 13.7. The predicted molar refractivity (Wildman–Crippen MR) is 75.4 cm³/mol. The summed E-state index contributed by atoms with van der Waals surface area (Å²) in [6.45, 7) is 2.47. The fourth-order valence-electron chi connectivity index (χ4n) is 1.68. The smallest absolute Gasteiger partial charge is 0.258 e. The van der Waals surface area contributed by atoms with Gasteiger partial charge in [0.05, 0.1) is 22.3 Å². The highest BCUT2D eigenvalue weighted by Gasteiger charge is 2.15. The fraction of sp³-hybridized carbons (Fsp3) is 0.231. The lowest BCUT2D eigenvalue weighted by Crippen LogP contribution is -2.13. The van der Waals surface area contributed by atoms with Crippen LogP contribution in [0.3, 0.4) is 0 Å². The second-order valence-corrected chi connectivity index (χ2v) is 6.47. The van der Waals surface area contributed by atoms with Crippen molar-refractivity contribution >= 4 is 21.4 Å². The van der Waals surface area contributed by atoms with Crippen molar-refractivity contribution < 1.29 is 17.6 Å². The van der Waals surface area contributed by atoms with Crippen molar-refractivity contribution in [3.8, 4) is 0 Å². The first kappa shape index (κ1) is 15.2. The van der Waals surface area contributed by atoms with E-state index in [9.17, 15) is 17.6 Å². The minimum absolute atomic E-state index is 0.0662. The first-order chi connectivity index (χ1) is 9.81. The first-order valence-corrected chi connectivity index (χ1v) is 8.04. The third-order valence-corrected chi connectivity index (χ3v) is 3.94. The lowest BCUT2D eigenvalue weighted by molar-refractivity contribution is 0.102. The van der Waals surface area contributed by atoms with Gasteiger partial charge in [-0.2, -0.15) is 5.10 Å². The van der Waals surface area contributed by atoms with Crippen LogP contribution in [0.4, 0.5) is 10.1 Å². The SMILES string of the molecule is CCn1cc(C(=O)Nc2cc(S(C)(=O)=O)ccc2F)cn1. The average Bonchev–Trinajstić information content (AvgIpc) is 2.88. The Morgan fingerprint density at radius 3 is 2.71 bits per heavy atom. The molecule has 0 aliphatic rings. The lowest BCUT2D eigenvalue weighted by atomic mass is 10.2. The summed E-state index contributed by atoms with van der Waals surface area (Å²) in [6.07, 6.45) is 3.89. The number of hydrogen-bond donors (Lipinski definition) is 1. The van der Waals surface area contributed by atoms with Crippen LogP contribution in [0.25, 0.3) is 0 Å². The Hall–Kier alpha value is -2.22. The van der Waals surface area contributed by atoms with Gasteiger partial charge in [-0.05, 0) is 25.1 Å². The number of rotatable bonds is 4. The average molecular weight is 311 g/mol. The Kier molecular flexibility index (Phi) is 4.08. The summed E-state index contributed by atoms with van der Waals surface area (Å²) in [5.74, 6) is -1.27. The number of aromatic nitrogens is 2. The molecule has 1 aromatic heterocycles. The molecule has 0 atom stereocenters. The molecule has 0 fully saturated rings. The zero-order chi connectivity index (χ0) is 15.6. The maximum Gasteiger partial charge on any atom is 0.258 e. The van der Waals surface area contributed by atoms with Crippen molar-refractivity contribution in [1.82, 2.24) is 9.78 Å². The molecule has 0 unspecified atom stereocenters. The van der Waals surface area contributed by atoms with Crippen LogP contribution >= 0.6 is 0 Å². The Morgan fingerprint density at radius 2 is 2.14 bits per heavy atom. The molecule has 1 amide bonds. The van der Waals surface area contributed by atoms with Gasteiger partial charge in [0.15, 0.2) is 9.84 Å². The van der Waals surface area contributed by atoms with Gasteiger partial charge in [-0.15, -0.1) is 0 Å². The Morgan fingerprint density at radius 1 is 1.43 bits per heavy atom.